The maximum absolute atomic E-state index is 12.3. The van der Waals surface area contributed by atoms with E-state index in [2.05, 4.69) is 10.2 Å². The molecule has 2 nitrogen and oxygen atoms in total. The molecule has 1 aromatic heterocycles. The maximum atomic E-state index is 12.3. The molecule has 0 saturated heterocycles. The maximum Gasteiger partial charge on any atom is 0.512 e. The van der Waals surface area contributed by atoms with E-state index >= 15 is 0 Å². The van der Waals surface area contributed by atoms with Crippen molar-refractivity contribution in [3.05, 3.63) is 11.9 Å². The van der Waals surface area contributed by atoms with Crippen LogP contribution in [0.2, 0.25) is 0 Å². The van der Waals surface area contributed by atoms with Gasteiger partial charge in [0.15, 0.2) is 0 Å². The third-order valence-electron chi connectivity index (χ3n) is 2.04. The van der Waals surface area contributed by atoms with Gasteiger partial charge in [-0.3, -0.25) is 5.10 Å². The second kappa shape index (κ2) is 2.28. The zero-order valence-electron chi connectivity index (χ0n) is 6.23. The Morgan fingerprint density at radius 3 is 2.58 bits per heavy atom. The average Bonchev–Trinajstić information content (AvgIpc) is 2.65. The van der Waals surface area contributed by atoms with Gasteiger partial charge in [0, 0.05) is 11.9 Å². The van der Waals surface area contributed by atoms with E-state index in [1.54, 1.807) is 0 Å². The molecule has 1 heterocycles. The third kappa shape index (κ3) is 1.21. The SMILES string of the molecule is F[B-](F)(F)c1cn[nH]c1C1CC1. The van der Waals surface area contributed by atoms with Gasteiger partial charge in [-0.15, -0.1) is 0 Å². The summed E-state index contributed by atoms with van der Waals surface area (Å²) < 4.78 is 36.8. The Kier molecular flexibility index (Phi) is 1.46. The molecule has 0 bridgehead atoms. The van der Waals surface area contributed by atoms with Gasteiger partial charge >= 0.3 is 6.98 Å². The van der Waals surface area contributed by atoms with Crippen LogP contribution in [0, 0.1) is 0 Å². The molecule has 1 N–H and O–H groups in total. The van der Waals surface area contributed by atoms with Gasteiger partial charge in [0.05, 0.1) is 0 Å². The smallest absolute Gasteiger partial charge is 0.445 e. The lowest BCUT2D eigenvalue weighted by molar-refractivity contribution is 0.500. The molecule has 0 unspecified atom stereocenters. The number of hydrogen-bond acceptors (Lipinski definition) is 1. The van der Waals surface area contributed by atoms with Crippen LogP contribution in [0.15, 0.2) is 6.20 Å². The highest BCUT2D eigenvalue weighted by molar-refractivity contribution is 6.73. The highest BCUT2D eigenvalue weighted by atomic mass is 19.4. The second-order valence-electron chi connectivity index (χ2n) is 3.09. The first kappa shape index (κ1) is 7.70. The van der Waals surface area contributed by atoms with Crippen molar-refractivity contribution in [2.24, 2.45) is 0 Å². The van der Waals surface area contributed by atoms with Crippen LogP contribution in [-0.4, -0.2) is 17.2 Å². The largest absolute Gasteiger partial charge is 0.512 e. The Morgan fingerprint density at radius 1 is 1.42 bits per heavy atom. The van der Waals surface area contributed by atoms with Gasteiger partial charge in [0.1, 0.15) is 0 Å². The van der Waals surface area contributed by atoms with Crippen molar-refractivity contribution in [2.45, 2.75) is 18.8 Å². The lowest BCUT2D eigenvalue weighted by atomic mass is 9.79. The summed E-state index contributed by atoms with van der Waals surface area (Å²) in [5.41, 5.74) is -0.264. The number of hydrogen-bond donors (Lipinski definition) is 1. The van der Waals surface area contributed by atoms with Crippen molar-refractivity contribution in [1.82, 2.24) is 10.2 Å². The fourth-order valence-corrected chi connectivity index (χ4v) is 1.27. The first-order valence-corrected chi connectivity index (χ1v) is 3.82. The minimum absolute atomic E-state index is 0.0750. The quantitative estimate of drug-likeness (QED) is 0.675. The van der Waals surface area contributed by atoms with Crippen molar-refractivity contribution < 1.29 is 12.9 Å². The number of rotatable bonds is 2. The molecule has 1 aliphatic rings. The summed E-state index contributed by atoms with van der Waals surface area (Å²) in [5.74, 6) is 0.0750. The first-order chi connectivity index (χ1) is 5.59. The van der Waals surface area contributed by atoms with Gasteiger partial charge in [-0.1, -0.05) is 5.46 Å². The van der Waals surface area contributed by atoms with Crippen LogP contribution < -0.4 is 5.46 Å². The van der Waals surface area contributed by atoms with E-state index in [9.17, 15) is 12.9 Å². The average molecular weight is 175 g/mol. The Morgan fingerprint density at radius 2 is 2.08 bits per heavy atom. The van der Waals surface area contributed by atoms with Gasteiger partial charge < -0.3 is 12.9 Å². The molecule has 2 rings (SSSR count). The molecular weight excluding hydrogens is 168 g/mol. The molecule has 0 aromatic carbocycles. The first-order valence-electron chi connectivity index (χ1n) is 3.82. The summed E-state index contributed by atoms with van der Waals surface area (Å²) in [7, 11) is 0. The molecule has 66 valence electrons. The molecule has 1 aromatic rings. The normalized spacial score (nSPS) is 18.2. The summed E-state index contributed by atoms with van der Waals surface area (Å²) >= 11 is 0. The predicted octanol–water partition coefficient (Wildman–Crippen LogP) is 1.34. The molecule has 0 aliphatic heterocycles. The van der Waals surface area contributed by atoms with Crippen LogP contribution in [0.25, 0.3) is 0 Å². The fourth-order valence-electron chi connectivity index (χ4n) is 1.27. The molecule has 0 spiro atoms. The lowest BCUT2D eigenvalue weighted by Gasteiger charge is -2.13. The predicted molar refractivity (Wildman–Crippen MR) is 39.3 cm³/mol. The molecule has 0 amide bonds. The standard InChI is InChI=1S/C6H7BF3N2/c8-7(9,10)5-3-11-12-6(5)4-1-2-4/h3-4H,1-2H2,(H,11,12)/q-1. The highest BCUT2D eigenvalue weighted by Gasteiger charge is 2.35. The molecule has 0 atom stereocenters. The topological polar surface area (TPSA) is 28.7 Å². The van der Waals surface area contributed by atoms with Crippen molar-refractivity contribution in [3.8, 4) is 0 Å². The monoisotopic (exact) mass is 175 g/mol. The molecule has 6 heteroatoms. The van der Waals surface area contributed by atoms with E-state index in [-0.39, 0.29) is 11.6 Å². The van der Waals surface area contributed by atoms with Gasteiger partial charge in [-0.05, 0) is 18.8 Å². The number of aromatic nitrogens is 2. The Hall–Kier alpha value is -0.935. The number of nitrogens with zero attached hydrogens (tertiary/aromatic N) is 1. The number of nitrogens with one attached hydrogen (secondary N) is 1. The Balaban J connectivity index is 2.36. The van der Waals surface area contributed by atoms with E-state index in [1.165, 1.54) is 0 Å². The van der Waals surface area contributed by atoms with E-state index in [1.807, 2.05) is 0 Å². The summed E-state index contributed by atoms with van der Waals surface area (Å²) in [6.45, 7) is -4.88. The summed E-state index contributed by atoms with van der Waals surface area (Å²) in [4.78, 5) is 0. The third-order valence-corrected chi connectivity index (χ3v) is 2.04. The van der Waals surface area contributed by atoms with Crippen molar-refractivity contribution >= 4 is 12.4 Å². The van der Waals surface area contributed by atoms with Crippen LogP contribution >= 0.6 is 0 Å². The van der Waals surface area contributed by atoms with E-state index in [0.29, 0.717) is 0 Å². The zero-order chi connectivity index (χ0) is 8.77. The van der Waals surface area contributed by atoms with Crippen molar-refractivity contribution in [2.75, 3.05) is 0 Å². The Bertz CT molecular complexity index is 289. The lowest BCUT2D eigenvalue weighted by Crippen LogP contribution is -2.35. The van der Waals surface area contributed by atoms with Crippen molar-refractivity contribution in [1.29, 1.82) is 0 Å². The van der Waals surface area contributed by atoms with Crippen LogP contribution in [0.1, 0.15) is 24.5 Å². The van der Waals surface area contributed by atoms with Crippen LogP contribution in [-0.2, 0) is 0 Å². The fraction of sp³-hybridized carbons (Fsp3) is 0.500. The Labute approximate surface area is 67.2 Å². The van der Waals surface area contributed by atoms with Crippen molar-refractivity contribution in [3.63, 3.8) is 0 Å². The van der Waals surface area contributed by atoms with Crippen LogP contribution in [0.5, 0.6) is 0 Å². The van der Waals surface area contributed by atoms with Gasteiger partial charge in [0.25, 0.3) is 0 Å². The van der Waals surface area contributed by atoms with E-state index in [0.717, 1.165) is 19.0 Å². The molecule has 1 fully saturated rings. The summed E-state index contributed by atoms with van der Waals surface area (Å²) in [6, 6.07) is 0. The number of aromatic amines is 1. The van der Waals surface area contributed by atoms with Crippen LogP contribution in [0.3, 0.4) is 0 Å². The van der Waals surface area contributed by atoms with Gasteiger partial charge in [-0.25, -0.2) is 0 Å². The van der Waals surface area contributed by atoms with E-state index in [4.69, 9.17) is 0 Å². The zero-order valence-corrected chi connectivity index (χ0v) is 6.23. The summed E-state index contributed by atoms with van der Waals surface area (Å²) in [5, 5.41) is 5.84. The van der Waals surface area contributed by atoms with Gasteiger partial charge in [-0.2, -0.15) is 5.10 Å². The molecular formula is C6H7BF3N2-. The van der Waals surface area contributed by atoms with E-state index < -0.39 is 12.4 Å². The molecule has 12 heavy (non-hydrogen) atoms. The molecule has 1 aliphatic carbocycles. The minimum Gasteiger partial charge on any atom is -0.445 e. The van der Waals surface area contributed by atoms with Gasteiger partial charge in [0.2, 0.25) is 0 Å². The number of halogens is 3. The van der Waals surface area contributed by atoms with Crippen LogP contribution in [0.4, 0.5) is 12.9 Å². The second-order valence-corrected chi connectivity index (χ2v) is 3.09. The highest BCUT2D eigenvalue weighted by Crippen LogP contribution is 2.38. The minimum atomic E-state index is -4.88. The molecule has 0 radical (unpaired) electrons. The number of H-pyrrole nitrogens is 1. The summed E-state index contributed by atoms with van der Waals surface area (Å²) in [6.07, 6.45) is 2.58. The molecule has 1 saturated carbocycles.